The van der Waals surface area contributed by atoms with Gasteiger partial charge in [0.25, 0.3) is 0 Å². The van der Waals surface area contributed by atoms with Crippen molar-refractivity contribution in [2.24, 2.45) is 0 Å². The van der Waals surface area contributed by atoms with Gasteiger partial charge in [-0.3, -0.25) is 0 Å². The molecule has 0 radical (unpaired) electrons. The van der Waals surface area contributed by atoms with Gasteiger partial charge in [0.1, 0.15) is 18.0 Å². The van der Waals surface area contributed by atoms with E-state index in [2.05, 4.69) is 5.32 Å². The van der Waals surface area contributed by atoms with Crippen molar-refractivity contribution in [3.63, 3.8) is 0 Å². The molecule has 0 bridgehead atoms. The number of ether oxygens (including phenoxy) is 3. The van der Waals surface area contributed by atoms with E-state index in [9.17, 15) is 9.59 Å². The maximum absolute atomic E-state index is 11.9. The first-order chi connectivity index (χ1) is 11.1. The summed E-state index contributed by atoms with van der Waals surface area (Å²) in [6.07, 6.45) is 1.28. The molecule has 1 aliphatic carbocycles. The standard InChI is InChI=1S/C18H25NO5/c1-12-10-13(6-7-14(12)15(20)22-5)23-11-18(8-9-18)19-16(21)24-17(2,3)4/h6-7,10H,8-9,11H2,1-5H3,(H,19,21). The van der Waals surface area contributed by atoms with Crippen LogP contribution >= 0.6 is 0 Å². The second-order valence-electron chi connectivity index (χ2n) is 7.16. The number of aryl methyl sites for hydroxylation is 1. The van der Waals surface area contributed by atoms with Gasteiger partial charge >= 0.3 is 12.1 Å². The van der Waals surface area contributed by atoms with Crippen LogP contribution in [-0.4, -0.2) is 36.9 Å². The molecule has 1 aromatic carbocycles. The van der Waals surface area contributed by atoms with Crippen LogP contribution < -0.4 is 10.1 Å². The molecule has 2 rings (SSSR count). The third-order valence-corrected chi connectivity index (χ3v) is 3.74. The third-order valence-electron chi connectivity index (χ3n) is 3.74. The molecule has 1 fully saturated rings. The number of methoxy groups -OCH3 is 1. The second kappa shape index (κ2) is 6.71. The molecule has 1 amide bonds. The summed E-state index contributed by atoms with van der Waals surface area (Å²) in [6.45, 7) is 7.67. The molecule has 1 N–H and O–H groups in total. The number of rotatable bonds is 5. The molecule has 1 aliphatic rings. The van der Waals surface area contributed by atoms with Gasteiger partial charge < -0.3 is 19.5 Å². The lowest BCUT2D eigenvalue weighted by atomic mass is 10.1. The number of alkyl carbamates (subject to hydrolysis) is 1. The minimum atomic E-state index is -0.526. The summed E-state index contributed by atoms with van der Waals surface area (Å²) < 4.78 is 15.8. The summed E-state index contributed by atoms with van der Waals surface area (Å²) in [5.41, 5.74) is 0.404. The Bertz CT molecular complexity index is 629. The van der Waals surface area contributed by atoms with E-state index < -0.39 is 11.7 Å². The highest BCUT2D eigenvalue weighted by Gasteiger charge is 2.46. The molecule has 0 aliphatic heterocycles. The van der Waals surface area contributed by atoms with E-state index in [4.69, 9.17) is 14.2 Å². The van der Waals surface area contributed by atoms with Gasteiger partial charge in [0.15, 0.2) is 0 Å². The lowest BCUT2D eigenvalue weighted by molar-refractivity contribution is 0.0476. The zero-order valence-corrected chi connectivity index (χ0v) is 14.9. The fraction of sp³-hybridized carbons (Fsp3) is 0.556. The number of hydrogen-bond donors (Lipinski definition) is 1. The van der Waals surface area contributed by atoms with Gasteiger partial charge in [0, 0.05) is 0 Å². The lowest BCUT2D eigenvalue weighted by Gasteiger charge is -2.23. The fourth-order valence-corrected chi connectivity index (χ4v) is 2.26. The molecule has 0 aromatic heterocycles. The van der Waals surface area contributed by atoms with Gasteiger partial charge in [-0.1, -0.05) is 0 Å². The van der Waals surface area contributed by atoms with Crippen molar-refractivity contribution in [3.8, 4) is 5.75 Å². The maximum Gasteiger partial charge on any atom is 0.408 e. The van der Waals surface area contributed by atoms with Crippen LogP contribution in [-0.2, 0) is 9.47 Å². The molecule has 132 valence electrons. The molecular weight excluding hydrogens is 310 g/mol. The predicted molar refractivity (Wildman–Crippen MR) is 89.3 cm³/mol. The van der Waals surface area contributed by atoms with E-state index in [0.29, 0.717) is 17.9 Å². The van der Waals surface area contributed by atoms with E-state index in [1.807, 2.05) is 27.7 Å². The Hall–Kier alpha value is -2.24. The number of carbonyl (C=O) groups excluding carboxylic acids is 2. The summed E-state index contributed by atoms with van der Waals surface area (Å²) in [5, 5.41) is 2.89. The van der Waals surface area contributed by atoms with Crippen LogP contribution in [0.25, 0.3) is 0 Å². The molecule has 1 saturated carbocycles. The van der Waals surface area contributed by atoms with E-state index in [1.54, 1.807) is 18.2 Å². The van der Waals surface area contributed by atoms with Crippen LogP contribution in [0.15, 0.2) is 18.2 Å². The van der Waals surface area contributed by atoms with Crippen molar-refractivity contribution in [1.82, 2.24) is 5.32 Å². The summed E-state index contributed by atoms with van der Waals surface area (Å²) >= 11 is 0. The fourth-order valence-electron chi connectivity index (χ4n) is 2.26. The molecule has 0 unspecified atom stereocenters. The van der Waals surface area contributed by atoms with Crippen LogP contribution in [0.1, 0.15) is 49.5 Å². The van der Waals surface area contributed by atoms with E-state index in [0.717, 1.165) is 18.4 Å². The smallest absolute Gasteiger partial charge is 0.408 e. The molecular formula is C18H25NO5. The molecule has 0 atom stereocenters. The van der Waals surface area contributed by atoms with E-state index >= 15 is 0 Å². The number of hydrogen-bond acceptors (Lipinski definition) is 5. The van der Waals surface area contributed by atoms with Crippen LogP contribution in [0.4, 0.5) is 4.79 Å². The van der Waals surface area contributed by atoms with Crippen molar-refractivity contribution in [3.05, 3.63) is 29.3 Å². The normalized spacial score (nSPS) is 15.4. The van der Waals surface area contributed by atoms with Crippen LogP contribution in [0.2, 0.25) is 0 Å². The van der Waals surface area contributed by atoms with Crippen molar-refractivity contribution >= 4 is 12.1 Å². The predicted octanol–water partition coefficient (Wildman–Crippen LogP) is 3.22. The Kier molecular flexibility index (Phi) is 5.06. The summed E-state index contributed by atoms with van der Waals surface area (Å²) in [7, 11) is 1.35. The molecule has 0 heterocycles. The minimum absolute atomic E-state index is 0.364. The van der Waals surface area contributed by atoms with Gasteiger partial charge in [-0.2, -0.15) is 0 Å². The number of benzene rings is 1. The highest BCUT2D eigenvalue weighted by atomic mass is 16.6. The Morgan fingerprint density at radius 2 is 1.92 bits per heavy atom. The minimum Gasteiger partial charge on any atom is -0.491 e. The Morgan fingerprint density at radius 1 is 1.25 bits per heavy atom. The quantitative estimate of drug-likeness (QED) is 0.836. The molecule has 6 heteroatoms. The SMILES string of the molecule is COC(=O)c1ccc(OCC2(NC(=O)OC(C)(C)C)CC2)cc1C. The average molecular weight is 335 g/mol. The number of carbonyl (C=O) groups is 2. The van der Waals surface area contributed by atoms with Crippen molar-refractivity contribution in [2.75, 3.05) is 13.7 Å². The maximum atomic E-state index is 11.9. The Labute approximate surface area is 142 Å². The molecule has 1 aromatic rings. The summed E-state index contributed by atoms with van der Waals surface area (Å²) in [6, 6.07) is 5.19. The molecule has 24 heavy (non-hydrogen) atoms. The molecule has 6 nitrogen and oxygen atoms in total. The van der Waals surface area contributed by atoms with Crippen molar-refractivity contribution in [1.29, 1.82) is 0 Å². The summed E-state index contributed by atoms with van der Waals surface area (Å²) in [5.74, 6) is 0.279. The summed E-state index contributed by atoms with van der Waals surface area (Å²) in [4.78, 5) is 23.5. The highest BCUT2D eigenvalue weighted by molar-refractivity contribution is 5.91. The average Bonchev–Trinajstić information content (AvgIpc) is 3.22. The first-order valence-corrected chi connectivity index (χ1v) is 7.97. The largest absolute Gasteiger partial charge is 0.491 e. The van der Waals surface area contributed by atoms with Crippen LogP contribution in [0.3, 0.4) is 0 Å². The highest BCUT2D eigenvalue weighted by Crippen LogP contribution is 2.36. The van der Waals surface area contributed by atoms with Gasteiger partial charge in [0.05, 0.1) is 18.2 Å². The first kappa shape index (κ1) is 18.1. The molecule has 0 saturated heterocycles. The monoisotopic (exact) mass is 335 g/mol. The Balaban J connectivity index is 1.92. The van der Waals surface area contributed by atoms with Crippen LogP contribution in [0, 0.1) is 6.92 Å². The topological polar surface area (TPSA) is 73.9 Å². The number of esters is 1. The lowest BCUT2D eigenvalue weighted by Crippen LogP contribution is -2.44. The Morgan fingerprint density at radius 3 is 2.42 bits per heavy atom. The zero-order chi connectivity index (χ0) is 18.0. The zero-order valence-electron chi connectivity index (χ0n) is 14.9. The second-order valence-corrected chi connectivity index (χ2v) is 7.16. The van der Waals surface area contributed by atoms with Crippen LogP contribution in [0.5, 0.6) is 5.75 Å². The van der Waals surface area contributed by atoms with Gasteiger partial charge in [-0.05, 0) is 64.3 Å². The van der Waals surface area contributed by atoms with Gasteiger partial charge in [-0.25, -0.2) is 9.59 Å². The first-order valence-electron chi connectivity index (χ1n) is 7.97. The third kappa shape index (κ3) is 4.88. The van der Waals surface area contributed by atoms with Gasteiger partial charge in [-0.15, -0.1) is 0 Å². The van der Waals surface area contributed by atoms with E-state index in [1.165, 1.54) is 7.11 Å². The van der Waals surface area contributed by atoms with Gasteiger partial charge in [0.2, 0.25) is 0 Å². The van der Waals surface area contributed by atoms with Crippen molar-refractivity contribution in [2.45, 2.75) is 51.7 Å². The number of amides is 1. The van der Waals surface area contributed by atoms with Crippen molar-refractivity contribution < 1.29 is 23.8 Å². The number of nitrogens with one attached hydrogen (secondary N) is 1. The van der Waals surface area contributed by atoms with E-state index in [-0.39, 0.29) is 11.5 Å². The molecule has 0 spiro atoms.